The minimum atomic E-state index is -1.75. The molecule has 7 unspecified atom stereocenters. The Kier molecular flexibility index (Phi) is 19.6. The van der Waals surface area contributed by atoms with Crippen molar-refractivity contribution in [2.45, 2.75) is 178 Å². The van der Waals surface area contributed by atoms with E-state index in [4.69, 9.17) is 42.6 Å². The Balaban J connectivity index is 1.98. The smallest absolute Gasteiger partial charge is 0.187 e. The Morgan fingerprint density at radius 3 is 1.49 bits per heavy atom. The second-order valence-electron chi connectivity index (χ2n) is 13.1. The molecule has 3 aliphatic heterocycles. The first-order valence-electron chi connectivity index (χ1n) is 18.3. The third-order valence-corrected chi connectivity index (χ3v) is 9.16. The normalized spacial score (nSPS) is 40.1. The second-order valence-corrected chi connectivity index (χ2v) is 13.1. The minimum Gasteiger partial charge on any atom is -0.394 e. The van der Waals surface area contributed by atoms with Crippen molar-refractivity contribution < 1.29 is 73.3 Å². The Morgan fingerprint density at radius 1 is 0.449 bits per heavy atom. The van der Waals surface area contributed by atoms with Crippen LogP contribution in [0.15, 0.2) is 0 Å². The zero-order valence-electron chi connectivity index (χ0n) is 29.9. The van der Waals surface area contributed by atoms with Gasteiger partial charge in [-0.1, -0.05) is 53.4 Å². The highest BCUT2D eigenvalue weighted by Gasteiger charge is 2.55. The third-order valence-electron chi connectivity index (χ3n) is 9.16. The van der Waals surface area contributed by atoms with E-state index in [1.54, 1.807) is 0 Å². The van der Waals surface area contributed by atoms with Crippen molar-refractivity contribution >= 4 is 0 Å². The lowest BCUT2D eigenvalue weighted by Gasteiger charge is -2.50. The SMILES string of the molecule is CCCCOC1OC(CO)[C@@H](O[C@@H]2O[C@@H](CO)[C@H](O)C(O)C2O)C(O[C@@H]2OC(C)[C@@H](OCCCC)C(OCCCC)[C@@H]2OCCCC)[C@@H]1O. The standard InChI is InChI=1S/C34H64O15/c1-6-10-14-41-27-20(5)45-34(31(43-16-12-8-3)30(27)42-15-11-7-2)49-29-26(40)32(44-17-13-9-4)47-22(19-36)28(29)48-33-25(39)24(38)23(37)21(18-35)46-33/h20-40H,6-19H2,1-5H3/t20?,21-,22?,23-,24?,25?,26-,27+,28+,29?,30?,31-,32?,33-,34-/m0/s1. The molecule has 6 N–H and O–H groups in total. The fourth-order valence-corrected chi connectivity index (χ4v) is 6.10. The number of rotatable bonds is 22. The molecule has 0 aliphatic carbocycles. The molecule has 0 spiro atoms. The summed E-state index contributed by atoms with van der Waals surface area (Å²) in [5.74, 6) is 0. The van der Waals surface area contributed by atoms with Crippen LogP contribution in [0.25, 0.3) is 0 Å². The summed E-state index contributed by atoms with van der Waals surface area (Å²) in [5, 5.41) is 63.4. The molecule has 0 aromatic rings. The Labute approximate surface area is 291 Å². The van der Waals surface area contributed by atoms with Gasteiger partial charge < -0.3 is 73.3 Å². The van der Waals surface area contributed by atoms with E-state index < -0.39 is 105 Å². The van der Waals surface area contributed by atoms with Gasteiger partial charge in [-0.15, -0.1) is 0 Å². The van der Waals surface area contributed by atoms with Crippen LogP contribution in [0.3, 0.4) is 0 Å². The summed E-state index contributed by atoms with van der Waals surface area (Å²) in [5.41, 5.74) is 0. The van der Waals surface area contributed by atoms with Gasteiger partial charge in [0.1, 0.15) is 67.1 Å². The number of hydrogen-bond donors (Lipinski definition) is 6. The summed E-state index contributed by atoms with van der Waals surface area (Å²) in [6, 6.07) is 0. The van der Waals surface area contributed by atoms with Gasteiger partial charge in [-0.25, -0.2) is 0 Å². The zero-order chi connectivity index (χ0) is 35.9. The molecule has 0 radical (unpaired) electrons. The van der Waals surface area contributed by atoms with Crippen molar-refractivity contribution in [3.8, 4) is 0 Å². The van der Waals surface area contributed by atoms with Gasteiger partial charge in [0.25, 0.3) is 0 Å². The van der Waals surface area contributed by atoms with Crippen LogP contribution < -0.4 is 0 Å². The molecule has 15 nitrogen and oxygen atoms in total. The Morgan fingerprint density at radius 2 is 0.939 bits per heavy atom. The van der Waals surface area contributed by atoms with E-state index in [0.717, 1.165) is 44.9 Å². The highest BCUT2D eigenvalue weighted by molar-refractivity contribution is 4.97. The quantitative estimate of drug-likeness (QED) is 0.0858. The summed E-state index contributed by atoms with van der Waals surface area (Å²) < 4.78 is 55.8. The van der Waals surface area contributed by atoms with E-state index in [2.05, 4.69) is 20.8 Å². The minimum absolute atomic E-state index is 0.269. The third kappa shape index (κ3) is 11.7. The molecule has 0 aromatic heterocycles. The summed E-state index contributed by atoms with van der Waals surface area (Å²) in [7, 11) is 0. The van der Waals surface area contributed by atoms with Gasteiger partial charge in [-0.2, -0.15) is 0 Å². The number of unbranched alkanes of at least 4 members (excludes halogenated alkanes) is 4. The Bertz CT molecular complexity index is 869. The summed E-state index contributed by atoms with van der Waals surface area (Å²) in [6.07, 6.45) is -11.1. The van der Waals surface area contributed by atoms with E-state index >= 15 is 0 Å². The highest BCUT2D eigenvalue weighted by atomic mass is 16.8. The van der Waals surface area contributed by atoms with Gasteiger partial charge in [0.15, 0.2) is 18.9 Å². The molecule has 0 bridgehead atoms. The molecule has 3 fully saturated rings. The predicted molar refractivity (Wildman–Crippen MR) is 174 cm³/mol. The second kappa shape index (κ2) is 22.5. The largest absolute Gasteiger partial charge is 0.394 e. The van der Waals surface area contributed by atoms with Crippen molar-refractivity contribution in [3.63, 3.8) is 0 Å². The average molecular weight is 713 g/mol. The van der Waals surface area contributed by atoms with Crippen molar-refractivity contribution in [2.75, 3.05) is 39.6 Å². The van der Waals surface area contributed by atoms with Crippen molar-refractivity contribution in [1.29, 1.82) is 0 Å². The van der Waals surface area contributed by atoms with Gasteiger partial charge in [0.05, 0.1) is 19.3 Å². The maximum atomic E-state index is 11.7. The molecule has 3 aliphatic rings. The maximum Gasteiger partial charge on any atom is 0.187 e. The lowest BCUT2D eigenvalue weighted by atomic mass is 9.95. The lowest BCUT2D eigenvalue weighted by molar-refractivity contribution is -0.389. The molecule has 290 valence electrons. The van der Waals surface area contributed by atoms with Crippen LogP contribution in [0.1, 0.15) is 86.0 Å². The fourth-order valence-electron chi connectivity index (χ4n) is 6.10. The van der Waals surface area contributed by atoms with Crippen LogP contribution >= 0.6 is 0 Å². The fraction of sp³-hybridized carbons (Fsp3) is 1.00. The zero-order valence-corrected chi connectivity index (χ0v) is 29.9. The Hall–Kier alpha value is -0.600. The van der Waals surface area contributed by atoms with Gasteiger partial charge in [0.2, 0.25) is 0 Å². The monoisotopic (exact) mass is 712 g/mol. The van der Waals surface area contributed by atoms with Crippen LogP contribution in [0.2, 0.25) is 0 Å². The van der Waals surface area contributed by atoms with Crippen molar-refractivity contribution in [3.05, 3.63) is 0 Å². The molecule has 3 saturated heterocycles. The van der Waals surface area contributed by atoms with Crippen LogP contribution in [0, 0.1) is 0 Å². The first-order chi connectivity index (χ1) is 23.7. The molecular formula is C34H64O15. The van der Waals surface area contributed by atoms with Gasteiger partial charge in [0, 0.05) is 26.4 Å². The molecule has 15 atom stereocenters. The lowest BCUT2D eigenvalue weighted by Crippen LogP contribution is -2.67. The maximum absolute atomic E-state index is 11.7. The molecule has 0 aromatic carbocycles. The van der Waals surface area contributed by atoms with Crippen LogP contribution in [0.4, 0.5) is 0 Å². The number of aliphatic hydroxyl groups excluding tert-OH is 6. The van der Waals surface area contributed by atoms with Crippen LogP contribution in [-0.2, 0) is 42.6 Å². The number of ether oxygens (including phenoxy) is 9. The van der Waals surface area contributed by atoms with Crippen molar-refractivity contribution in [2.24, 2.45) is 0 Å². The van der Waals surface area contributed by atoms with E-state index in [-0.39, 0.29) is 6.61 Å². The molecule has 0 amide bonds. The van der Waals surface area contributed by atoms with E-state index in [1.807, 2.05) is 13.8 Å². The van der Waals surface area contributed by atoms with Gasteiger partial charge in [-0.05, 0) is 32.6 Å². The first-order valence-corrected chi connectivity index (χ1v) is 18.3. The molecule has 49 heavy (non-hydrogen) atoms. The van der Waals surface area contributed by atoms with Gasteiger partial charge >= 0.3 is 0 Å². The highest BCUT2D eigenvalue weighted by Crippen LogP contribution is 2.35. The summed E-state index contributed by atoms with van der Waals surface area (Å²) in [4.78, 5) is 0. The average Bonchev–Trinajstić information content (AvgIpc) is 3.09. The summed E-state index contributed by atoms with van der Waals surface area (Å²) in [6.45, 7) is 10.4. The number of aliphatic hydroxyl groups is 6. The molecule has 15 heteroatoms. The van der Waals surface area contributed by atoms with E-state index in [9.17, 15) is 30.6 Å². The number of hydrogen-bond acceptors (Lipinski definition) is 15. The molecule has 3 rings (SSSR count). The van der Waals surface area contributed by atoms with E-state index in [1.165, 1.54) is 0 Å². The van der Waals surface area contributed by atoms with E-state index in [0.29, 0.717) is 26.2 Å². The van der Waals surface area contributed by atoms with Crippen molar-refractivity contribution in [1.82, 2.24) is 0 Å². The predicted octanol–water partition coefficient (Wildman–Crippen LogP) is 0.752. The molecule has 0 saturated carbocycles. The first kappa shape index (κ1) is 42.8. The summed E-state index contributed by atoms with van der Waals surface area (Å²) >= 11 is 0. The van der Waals surface area contributed by atoms with Gasteiger partial charge in [-0.3, -0.25) is 0 Å². The van der Waals surface area contributed by atoms with Crippen LogP contribution in [-0.4, -0.2) is 162 Å². The van der Waals surface area contributed by atoms with Crippen LogP contribution in [0.5, 0.6) is 0 Å². The topological polar surface area (TPSA) is 204 Å². The molecular weight excluding hydrogens is 648 g/mol. The molecule has 3 heterocycles.